The maximum atomic E-state index is 6.50. The van der Waals surface area contributed by atoms with E-state index in [1.165, 1.54) is 17.0 Å². The predicted molar refractivity (Wildman–Crippen MR) is 294 cm³/mol. The summed E-state index contributed by atoms with van der Waals surface area (Å²) in [6, 6.07) is 49.9. The van der Waals surface area contributed by atoms with Crippen LogP contribution < -0.4 is 0 Å². The lowest BCUT2D eigenvalue weighted by molar-refractivity contribution is 0.403. The number of aromatic nitrogens is 14. The Morgan fingerprint density at radius 3 is 1.81 bits per heavy atom. The standard InChI is InChI=1S/C60H40N14O3/c1-33-31-34(32-40-51(33)70-45-24-10-12-26-47(45)74(58(70)63-40)59-64-54(66-76-59)71-41-20-6-2-16-36(41)50-37-17-3-13-28-49(37)75-53(50)71)29-30-35-15-14-27-48-52(35)69-43-22-8-5-19-39(43)62-57(69)72(48)55-65-60(77-67-55)73-46-25-11-9-23-44(46)68-42-21-7-4-18-38(42)61-56(68)73/h2-14,16-28,32-33,35H,15,29-31H2,1H3. The molecule has 368 valence electrons. The minimum Gasteiger partial charge on any atom is -0.439 e. The highest BCUT2D eigenvalue weighted by atomic mass is 16.5. The Kier molecular flexibility index (Phi) is 7.98. The molecule has 0 saturated heterocycles. The van der Waals surface area contributed by atoms with Gasteiger partial charge in [-0.2, -0.15) is 9.97 Å². The fourth-order valence-corrected chi connectivity index (χ4v) is 13.0. The monoisotopic (exact) mass is 1000 g/mol. The first kappa shape index (κ1) is 41.1. The summed E-state index contributed by atoms with van der Waals surface area (Å²) in [6.07, 6.45) is 10.3. The van der Waals surface area contributed by atoms with Crippen molar-refractivity contribution in [1.29, 1.82) is 0 Å². The van der Waals surface area contributed by atoms with Gasteiger partial charge in [0.25, 0.3) is 11.9 Å². The van der Waals surface area contributed by atoms with Gasteiger partial charge in [-0.25, -0.2) is 33.2 Å². The van der Waals surface area contributed by atoms with Crippen LogP contribution in [0, 0.1) is 0 Å². The molecule has 0 amide bonds. The molecule has 17 nitrogen and oxygen atoms in total. The van der Waals surface area contributed by atoms with Gasteiger partial charge in [0, 0.05) is 22.6 Å². The van der Waals surface area contributed by atoms with E-state index in [4.69, 9.17) is 38.4 Å². The van der Waals surface area contributed by atoms with E-state index in [1.54, 1.807) is 0 Å². The average molecular weight is 1010 g/mol. The van der Waals surface area contributed by atoms with Crippen molar-refractivity contribution >= 4 is 107 Å². The van der Waals surface area contributed by atoms with E-state index in [0.29, 0.717) is 35.4 Å². The lowest BCUT2D eigenvalue weighted by Crippen LogP contribution is -2.11. The van der Waals surface area contributed by atoms with Crippen molar-refractivity contribution in [1.82, 2.24) is 66.7 Å². The summed E-state index contributed by atoms with van der Waals surface area (Å²) in [6.45, 7) is 2.31. The minimum atomic E-state index is 0.171. The molecule has 2 aliphatic rings. The van der Waals surface area contributed by atoms with Crippen molar-refractivity contribution in [3.63, 3.8) is 0 Å². The second kappa shape index (κ2) is 14.9. The molecule has 18 rings (SSSR count). The first-order valence-electron chi connectivity index (χ1n) is 26.0. The van der Waals surface area contributed by atoms with Crippen molar-refractivity contribution in [2.24, 2.45) is 0 Å². The second-order valence-electron chi connectivity index (χ2n) is 20.4. The van der Waals surface area contributed by atoms with E-state index in [-0.39, 0.29) is 11.8 Å². The zero-order chi connectivity index (χ0) is 50.2. The van der Waals surface area contributed by atoms with Crippen molar-refractivity contribution in [2.75, 3.05) is 0 Å². The zero-order valence-corrected chi connectivity index (χ0v) is 41.1. The van der Waals surface area contributed by atoms with Gasteiger partial charge in [0.1, 0.15) is 5.58 Å². The van der Waals surface area contributed by atoms with Crippen molar-refractivity contribution in [2.45, 2.75) is 44.4 Å². The highest BCUT2D eigenvalue weighted by Gasteiger charge is 2.34. The summed E-state index contributed by atoms with van der Waals surface area (Å²) < 4.78 is 33.6. The molecular weight excluding hydrogens is 965 g/mol. The Hall–Kier alpha value is -10.3. The number of nitrogens with zero attached hydrogens (tertiary/aromatic N) is 14. The second-order valence-corrected chi connectivity index (χ2v) is 20.4. The van der Waals surface area contributed by atoms with Crippen molar-refractivity contribution in [3.8, 4) is 23.9 Å². The Morgan fingerprint density at radius 2 is 1.08 bits per heavy atom. The molecule has 6 aromatic carbocycles. The van der Waals surface area contributed by atoms with Crippen LogP contribution in [0.25, 0.3) is 131 Å². The van der Waals surface area contributed by atoms with Crippen LogP contribution >= 0.6 is 0 Å². The molecule has 0 fully saturated rings. The molecule has 17 heteroatoms. The van der Waals surface area contributed by atoms with E-state index < -0.39 is 0 Å². The van der Waals surface area contributed by atoms with Crippen LogP contribution in [0.15, 0.2) is 171 Å². The smallest absolute Gasteiger partial charge is 0.337 e. The lowest BCUT2D eigenvalue weighted by Gasteiger charge is -2.23. The molecule has 0 N–H and O–H groups in total. The van der Waals surface area contributed by atoms with E-state index in [1.807, 2.05) is 91.1 Å². The molecule has 2 unspecified atom stereocenters. The zero-order valence-electron chi connectivity index (χ0n) is 41.1. The number of hydrogen-bond donors (Lipinski definition) is 0. The number of benzene rings is 6. The molecular formula is C60H40N14O3. The molecule has 0 bridgehead atoms. The SMILES string of the molecule is CC1CC(CCC2CC=Cc3c2n2c4ccccc4nc2n3-c2noc(-n3c4ccccc4n4c5ccccc5nc34)n2)=Cc2nc3n(-c4nc(-n5c6ccccc6c6c7ccccc7oc65)no4)c4ccccc4n3c21. The van der Waals surface area contributed by atoms with Gasteiger partial charge in [0.05, 0.1) is 77.8 Å². The van der Waals surface area contributed by atoms with Gasteiger partial charge in [-0.1, -0.05) is 104 Å². The van der Waals surface area contributed by atoms with Crippen LogP contribution in [0.5, 0.6) is 0 Å². The first-order valence-corrected chi connectivity index (χ1v) is 26.0. The van der Waals surface area contributed by atoms with Gasteiger partial charge in [0.2, 0.25) is 23.0 Å². The first-order chi connectivity index (χ1) is 38.1. The largest absolute Gasteiger partial charge is 0.439 e. The van der Waals surface area contributed by atoms with Crippen LogP contribution in [0.1, 0.15) is 67.2 Å². The quantitative estimate of drug-likeness (QED) is 0.150. The van der Waals surface area contributed by atoms with Crippen LogP contribution in [0.2, 0.25) is 0 Å². The highest BCUT2D eigenvalue weighted by Crippen LogP contribution is 2.44. The maximum absolute atomic E-state index is 6.50. The van der Waals surface area contributed by atoms with Gasteiger partial charge < -0.3 is 13.5 Å². The van der Waals surface area contributed by atoms with Gasteiger partial charge in [0.15, 0.2) is 0 Å². The molecule has 10 heterocycles. The van der Waals surface area contributed by atoms with Gasteiger partial charge >= 0.3 is 12.0 Å². The normalized spacial score (nSPS) is 15.9. The summed E-state index contributed by atoms with van der Waals surface area (Å²) in [4.78, 5) is 25.9. The minimum absolute atomic E-state index is 0.171. The summed E-state index contributed by atoms with van der Waals surface area (Å²) in [5.74, 6) is 3.29. The average Bonchev–Trinajstić information content (AvgIpc) is 4.47. The third-order valence-electron chi connectivity index (χ3n) is 16.1. The van der Waals surface area contributed by atoms with E-state index in [0.717, 1.165) is 120 Å². The lowest BCUT2D eigenvalue weighted by atomic mass is 9.84. The fourth-order valence-electron chi connectivity index (χ4n) is 13.0. The van der Waals surface area contributed by atoms with E-state index in [9.17, 15) is 0 Å². The maximum Gasteiger partial charge on any atom is 0.337 e. The summed E-state index contributed by atoms with van der Waals surface area (Å²) in [7, 11) is 0. The number of fused-ring (bicyclic) bond motifs is 20. The predicted octanol–water partition coefficient (Wildman–Crippen LogP) is 13.1. The highest BCUT2D eigenvalue weighted by molar-refractivity contribution is 6.19. The van der Waals surface area contributed by atoms with Gasteiger partial charge in [-0.05, 0) is 109 Å². The van der Waals surface area contributed by atoms with Crippen LogP contribution in [-0.4, -0.2) is 66.7 Å². The molecule has 2 aliphatic carbocycles. The molecule has 0 radical (unpaired) electrons. The molecule has 2 atom stereocenters. The third kappa shape index (κ3) is 5.48. The van der Waals surface area contributed by atoms with E-state index in [2.05, 4.69) is 121 Å². The molecule has 77 heavy (non-hydrogen) atoms. The third-order valence-corrected chi connectivity index (χ3v) is 16.1. The van der Waals surface area contributed by atoms with Crippen LogP contribution in [0.3, 0.4) is 0 Å². The number of para-hydroxylation sites is 10. The number of hydrogen-bond acceptors (Lipinski definition) is 10. The van der Waals surface area contributed by atoms with Crippen LogP contribution in [-0.2, 0) is 0 Å². The summed E-state index contributed by atoms with van der Waals surface area (Å²) in [5.41, 5.74) is 15.7. The molecule has 10 aromatic heterocycles. The van der Waals surface area contributed by atoms with Crippen molar-refractivity contribution < 1.29 is 13.5 Å². The summed E-state index contributed by atoms with van der Waals surface area (Å²) >= 11 is 0. The van der Waals surface area contributed by atoms with Crippen molar-refractivity contribution in [3.05, 3.63) is 180 Å². The Morgan fingerprint density at radius 1 is 0.519 bits per heavy atom. The number of furan rings is 1. The molecule has 16 aromatic rings. The Bertz CT molecular complexity index is 5240. The number of allylic oxidation sites excluding steroid dienone is 2. The molecule has 0 spiro atoms. The molecule has 0 aliphatic heterocycles. The Balaban J connectivity index is 0.716. The molecule has 0 saturated carbocycles. The van der Waals surface area contributed by atoms with E-state index >= 15 is 0 Å². The topological polar surface area (TPSA) is 163 Å². The van der Waals surface area contributed by atoms with Gasteiger partial charge in [-0.15, -0.1) is 0 Å². The number of imidazole rings is 6. The number of rotatable bonds is 7. The van der Waals surface area contributed by atoms with Gasteiger partial charge in [-0.3, -0.25) is 13.2 Å². The Labute approximate surface area is 433 Å². The van der Waals surface area contributed by atoms with Crippen LogP contribution in [0.4, 0.5) is 0 Å². The fraction of sp³-hybridized carbons (Fsp3) is 0.117. The summed E-state index contributed by atoms with van der Waals surface area (Å²) in [5, 5.41) is 12.4.